The SMILES string of the molecule is FC1(F)CN(c2nccnc2Cl)C1. The van der Waals surface area contributed by atoms with Crippen LogP contribution in [0.1, 0.15) is 0 Å². The minimum Gasteiger partial charge on any atom is -0.342 e. The Hall–Kier alpha value is -0.970. The van der Waals surface area contributed by atoms with Crippen molar-refractivity contribution < 1.29 is 8.78 Å². The average Bonchev–Trinajstić information content (AvgIpc) is 2.01. The number of nitrogens with zero attached hydrogens (tertiary/aromatic N) is 3. The highest BCUT2D eigenvalue weighted by Crippen LogP contribution is 2.32. The Morgan fingerprint density at radius 1 is 1.31 bits per heavy atom. The van der Waals surface area contributed by atoms with Crippen LogP contribution in [0, 0.1) is 0 Å². The Bertz CT molecular complexity index is 323. The van der Waals surface area contributed by atoms with Gasteiger partial charge >= 0.3 is 0 Å². The summed E-state index contributed by atoms with van der Waals surface area (Å²) in [7, 11) is 0. The molecule has 6 heteroatoms. The van der Waals surface area contributed by atoms with Gasteiger partial charge in [-0.05, 0) is 0 Å². The van der Waals surface area contributed by atoms with E-state index in [0.717, 1.165) is 0 Å². The summed E-state index contributed by atoms with van der Waals surface area (Å²) in [6, 6.07) is 0. The molecule has 70 valence electrons. The monoisotopic (exact) mass is 205 g/mol. The van der Waals surface area contributed by atoms with Gasteiger partial charge in [-0.25, -0.2) is 18.7 Å². The highest BCUT2D eigenvalue weighted by molar-refractivity contribution is 6.31. The van der Waals surface area contributed by atoms with Crippen LogP contribution in [0.3, 0.4) is 0 Å². The minimum absolute atomic E-state index is 0.165. The molecule has 1 fully saturated rings. The van der Waals surface area contributed by atoms with Gasteiger partial charge in [0.05, 0.1) is 13.1 Å². The molecule has 1 aromatic rings. The van der Waals surface area contributed by atoms with Crippen LogP contribution < -0.4 is 4.90 Å². The molecule has 1 aliphatic heterocycles. The van der Waals surface area contributed by atoms with Crippen LogP contribution in [0.25, 0.3) is 0 Å². The molecule has 3 nitrogen and oxygen atoms in total. The highest BCUT2D eigenvalue weighted by atomic mass is 35.5. The van der Waals surface area contributed by atoms with Crippen LogP contribution in [-0.2, 0) is 0 Å². The Balaban J connectivity index is 2.16. The number of aromatic nitrogens is 2. The summed E-state index contributed by atoms with van der Waals surface area (Å²) < 4.78 is 24.9. The first kappa shape index (κ1) is 8.62. The molecule has 0 atom stereocenters. The van der Waals surface area contributed by atoms with Gasteiger partial charge in [-0.2, -0.15) is 0 Å². The van der Waals surface area contributed by atoms with Crippen LogP contribution in [0.15, 0.2) is 12.4 Å². The Morgan fingerprint density at radius 3 is 2.46 bits per heavy atom. The Kier molecular flexibility index (Phi) is 1.83. The lowest BCUT2D eigenvalue weighted by molar-refractivity contribution is -0.0267. The van der Waals surface area contributed by atoms with Gasteiger partial charge in [0.25, 0.3) is 5.92 Å². The fourth-order valence-electron chi connectivity index (χ4n) is 1.19. The zero-order valence-electron chi connectivity index (χ0n) is 6.54. The smallest absolute Gasteiger partial charge is 0.282 e. The molecule has 0 bridgehead atoms. The lowest BCUT2D eigenvalue weighted by atomic mass is 10.1. The second kappa shape index (κ2) is 2.77. The molecule has 2 rings (SSSR count). The van der Waals surface area contributed by atoms with E-state index in [-0.39, 0.29) is 18.2 Å². The van der Waals surface area contributed by atoms with E-state index in [2.05, 4.69) is 9.97 Å². The molecule has 13 heavy (non-hydrogen) atoms. The molecule has 1 aliphatic rings. The highest BCUT2D eigenvalue weighted by Gasteiger charge is 2.45. The maximum absolute atomic E-state index is 12.5. The summed E-state index contributed by atoms with van der Waals surface area (Å²) >= 11 is 5.66. The summed E-state index contributed by atoms with van der Waals surface area (Å²) in [6.07, 6.45) is 2.85. The summed E-state index contributed by atoms with van der Waals surface area (Å²) in [5, 5.41) is 0.165. The molecule has 2 heterocycles. The minimum atomic E-state index is -2.61. The van der Waals surface area contributed by atoms with E-state index in [9.17, 15) is 8.78 Å². The van der Waals surface area contributed by atoms with E-state index in [0.29, 0.717) is 5.82 Å². The predicted molar refractivity (Wildman–Crippen MR) is 44.2 cm³/mol. The van der Waals surface area contributed by atoms with Gasteiger partial charge in [-0.1, -0.05) is 11.6 Å². The zero-order valence-corrected chi connectivity index (χ0v) is 7.30. The number of alkyl halides is 2. The number of rotatable bonds is 1. The van der Waals surface area contributed by atoms with E-state index in [1.807, 2.05) is 0 Å². The molecular weight excluding hydrogens is 200 g/mol. The van der Waals surface area contributed by atoms with Crippen molar-refractivity contribution in [3.63, 3.8) is 0 Å². The number of hydrogen-bond acceptors (Lipinski definition) is 3. The Labute approximate surface area is 78.4 Å². The molecule has 0 amide bonds. The van der Waals surface area contributed by atoms with Gasteiger partial charge in [-0.15, -0.1) is 0 Å². The third kappa shape index (κ3) is 1.56. The fourth-order valence-corrected chi connectivity index (χ4v) is 1.41. The topological polar surface area (TPSA) is 29.0 Å². The lowest BCUT2D eigenvalue weighted by Crippen LogP contribution is -2.56. The van der Waals surface area contributed by atoms with Crippen LogP contribution in [0.2, 0.25) is 5.15 Å². The van der Waals surface area contributed by atoms with Crippen LogP contribution in [0.5, 0.6) is 0 Å². The molecule has 0 aliphatic carbocycles. The molecule has 0 aromatic carbocycles. The standard InChI is InChI=1S/C7H6ClF2N3/c8-5-6(12-2-1-11-5)13-3-7(9,10)4-13/h1-2H,3-4H2. The summed E-state index contributed by atoms with van der Waals surface area (Å²) in [6.45, 7) is -0.656. The van der Waals surface area contributed by atoms with E-state index < -0.39 is 5.92 Å². The second-order valence-corrected chi connectivity index (χ2v) is 3.24. The maximum atomic E-state index is 12.5. The van der Waals surface area contributed by atoms with Crippen LogP contribution in [0.4, 0.5) is 14.6 Å². The van der Waals surface area contributed by atoms with E-state index in [1.54, 1.807) is 0 Å². The summed E-state index contributed by atoms with van der Waals surface area (Å²) in [5.41, 5.74) is 0. The van der Waals surface area contributed by atoms with Crippen LogP contribution >= 0.6 is 11.6 Å². The molecule has 0 unspecified atom stereocenters. The summed E-state index contributed by atoms with van der Waals surface area (Å²) in [4.78, 5) is 9.01. The van der Waals surface area contributed by atoms with E-state index in [4.69, 9.17) is 11.6 Å². The van der Waals surface area contributed by atoms with Crippen molar-refractivity contribution in [2.45, 2.75) is 5.92 Å². The normalized spacial score (nSPS) is 19.8. The van der Waals surface area contributed by atoms with Crippen molar-refractivity contribution in [2.75, 3.05) is 18.0 Å². The van der Waals surface area contributed by atoms with Crippen LogP contribution in [-0.4, -0.2) is 29.0 Å². The molecular formula is C7H6ClF2N3. The predicted octanol–water partition coefficient (Wildman–Crippen LogP) is 1.59. The molecule has 0 saturated carbocycles. The van der Waals surface area contributed by atoms with Crippen molar-refractivity contribution in [3.8, 4) is 0 Å². The Morgan fingerprint density at radius 2 is 1.92 bits per heavy atom. The fraction of sp³-hybridized carbons (Fsp3) is 0.429. The van der Waals surface area contributed by atoms with E-state index in [1.165, 1.54) is 17.3 Å². The maximum Gasteiger partial charge on any atom is 0.282 e. The number of anilines is 1. The third-order valence-corrected chi connectivity index (χ3v) is 2.05. The molecule has 1 saturated heterocycles. The van der Waals surface area contributed by atoms with E-state index >= 15 is 0 Å². The molecule has 0 radical (unpaired) electrons. The van der Waals surface area contributed by atoms with Gasteiger partial charge in [0.1, 0.15) is 0 Å². The molecule has 1 aromatic heterocycles. The quantitative estimate of drug-likeness (QED) is 0.697. The van der Waals surface area contributed by atoms with Crippen molar-refractivity contribution in [2.24, 2.45) is 0 Å². The van der Waals surface area contributed by atoms with Crippen molar-refractivity contribution in [1.29, 1.82) is 0 Å². The number of halogens is 3. The summed E-state index contributed by atoms with van der Waals surface area (Å²) in [5.74, 6) is -2.28. The van der Waals surface area contributed by atoms with Gasteiger partial charge in [0.2, 0.25) is 0 Å². The van der Waals surface area contributed by atoms with Gasteiger partial charge in [0, 0.05) is 12.4 Å². The second-order valence-electron chi connectivity index (χ2n) is 2.88. The third-order valence-electron chi connectivity index (χ3n) is 1.78. The van der Waals surface area contributed by atoms with Crippen molar-refractivity contribution in [1.82, 2.24) is 9.97 Å². The number of hydrogen-bond donors (Lipinski definition) is 0. The first-order chi connectivity index (χ1) is 6.08. The zero-order chi connectivity index (χ0) is 9.47. The van der Waals surface area contributed by atoms with Gasteiger partial charge < -0.3 is 4.90 Å². The van der Waals surface area contributed by atoms with Gasteiger partial charge in [0.15, 0.2) is 11.0 Å². The van der Waals surface area contributed by atoms with Gasteiger partial charge in [-0.3, -0.25) is 0 Å². The van der Waals surface area contributed by atoms with Crippen molar-refractivity contribution >= 4 is 17.4 Å². The molecule has 0 spiro atoms. The largest absolute Gasteiger partial charge is 0.342 e. The van der Waals surface area contributed by atoms with Crippen molar-refractivity contribution in [3.05, 3.63) is 17.5 Å². The molecule has 0 N–H and O–H groups in total. The first-order valence-electron chi connectivity index (χ1n) is 3.68. The lowest BCUT2D eigenvalue weighted by Gasteiger charge is -2.39. The average molecular weight is 206 g/mol. The first-order valence-corrected chi connectivity index (χ1v) is 4.06.